The summed E-state index contributed by atoms with van der Waals surface area (Å²) >= 11 is 0. The maximum Gasteiger partial charge on any atom is 0.339 e. The Labute approximate surface area is 75.6 Å². The number of hydrogen-bond donors (Lipinski definition) is 0. The summed E-state index contributed by atoms with van der Waals surface area (Å²) in [6.07, 6.45) is 3.64. The van der Waals surface area contributed by atoms with E-state index in [2.05, 4.69) is 4.74 Å². The van der Waals surface area contributed by atoms with Crippen molar-refractivity contribution < 1.29 is 9.53 Å². The van der Waals surface area contributed by atoms with E-state index in [9.17, 15) is 4.79 Å². The molecule has 0 aliphatic rings. The first-order valence-electron chi connectivity index (χ1n) is 3.96. The lowest BCUT2D eigenvalue weighted by molar-refractivity contribution is 0.0600. The molecule has 0 unspecified atom stereocenters. The summed E-state index contributed by atoms with van der Waals surface area (Å²) in [4.78, 5) is 11.1. The van der Waals surface area contributed by atoms with Crippen molar-refractivity contribution >= 4 is 11.5 Å². The fourth-order valence-electron chi connectivity index (χ4n) is 1.27. The molecule has 0 saturated carbocycles. The van der Waals surface area contributed by atoms with Crippen LogP contribution in [-0.4, -0.2) is 17.5 Å². The second-order valence-electron chi connectivity index (χ2n) is 2.75. The average molecular weight is 175 g/mol. The van der Waals surface area contributed by atoms with Crippen molar-refractivity contribution in [2.75, 3.05) is 7.11 Å². The van der Waals surface area contributed by atoms with Crippen LogP contribution in [0.1, 0.15) is 10.4 Å². The van der Waals surface area contributed by atoms with Crippen LogP contribution in [0.3, 0.4) is 0 Å². The number of aromatic nitrogens is 1. The van der Waals surface area contributed by atoms with E-state index in [1.807, 2.05) is 28.8 Å². The van der Waals surface area contributed by atoms with Crippen molar-refractivity contribution in [2.24, 2.45) is 0 Å². The molecule has 0 radical (unpaired) electrons. The predicted octanol–water partition coefficient (Wildman–Crippen LogP) is 1.73. The van der Waals surface area contributed by atoms with Crippen LogP contribution in [0, 0.1) is 0 Å². The molecule has 0 amide bonds. The number of ether oxygens (including phenoxy) is 1. The summed E-state index contributed by atoms with van der Waals surface area (Å²) in [5.41, 5.74) is 1.62. The Bertz CT molecular complexity index is 445. The molecule has 2 heterocycles. The van der Waals surface area contributed by atoms with Gasteiger partial charge in [0, 0.05) is 17.9 Å². The van der Waals surface area contributed by atoms with Crippen LogP contribution in [0.25, 0.3) is 5.52 Å². The number of carbonyl (C=O) groups excluding carboxylic acids is 1. The SMILES string of the molecule is COC(=O)c1ccc2cccn2c1. The van der Waals surface area contributed by atoms with Gasteiger partial charge in [-0.15, -0.1) is 0 Å². The van der Waals surface area contributed by atoms with E-state index in [0.29, 0.717) is 5.56 Å². The highest BCUT2D eigenvalue weighted by Crippen LogP contribution is 2.07. The number of methoxy groups -OCH3 is 1. The molecule has 13 heavy (non-hydrogen) atoms. The van der Waals surface area contributed by atoms with Crippen LogP contribution >= 0.6 is 0 Å². The van der Waals surface area contributed by atoms with Gasteiger partial charge in [-0.05, 0) is 24.3 Å². The summed E-state index contributed by atoms with van der Waals surface area (Å²) in [6, 6.07) is 7.53. The first-order chi connectivity index (χ1) is 6.31. The number of fused-ring (bicyclic) bond motifs is 1. The second-order valence-corrected chi connectivity index (χ2v) is 2.75. The van der Waals surface area contributed by atoms with E-state index >= 15 is 0 Å². The fourth-order valence-corrected chi connectivity index (χ4v) is 1.27. The van der Waals surface area contributed by atoms with Gasteiger partial charge in [-0.25, -0.2) is 4.79 Å². The lowest BCUT2D eigenvalue weighted by Crippen LogP contribution is -2.02. The van der Waals surface area contributed by atoms with Gasteiger partial charge in [0.1, 0.15) is 0 Å². The van der Waals surface area contributed by atoms with Crippen LogP contribution in [0.15, 0.2) is 36.7 Å². The Morgan fingerprint density at radius 2 is 2.23 bits per heavy atom. The smallest absolute Gasteiger partial charge is 0.339 e. The van der Waals surface area contributed by atoms with Crippen LogP contribution in [0.2, 0.25) is 0 Å². The van der Waals surface area contributed by atoms with Gasteiger partial charge in [-0.3, -0.25) is 0 Å². The zero-order valence-electron chi connectivity index (χ0n) is 7.23. The third kappa shape index (κ3) is 1.28. The Morgan fingerprint density at radius 3 is 3.00 bits per heavy atom. The van der Waals surface area contributed by atoms with E-state index < -0.39 is 0 Å². The minimum absolute atomic E-state index is 0.310. The van der Waals surface area contributed by atoms with Crippen molar-refractivity contribution in [3.8, 4) is 0 Å². The summed E-state index contributed by atoms with van der Waals surface area (Å²) < 4.78 is 6.49. The highest BCUT2D eigenvalue weighted by Gasteiger charge is 2.04. The molecule has 0 spiro atoms. The minimum atomic E-state index is -0.310. The molecule has 0 fully saturated rings. The van der Waals surface area contributed by atoms with E-state index in [4.69, 9.17) is 0 Å². The highest BCUT2D eigenvalue weighted by molar-refractivity contribution is 5.89. The topological polar surface area (TPSA) is 30.7 Å². The molecule has 3 heteroatoms. The number of nitrogens with zero attached hydrogens (tertiary/aromatic N) is 1. The van der Waals surface area contributed by atoms with Gasteiger partial charge in [-0.2, -0.15) is 0 Å². The standard InChI is InChI=1S/C10H9NO2/c1-13-10(12)8-4-5-9-3-2-6-11(9)7-8/h2-7H,1H3. The van der Waals surface area contributed by atoms with Crippen molar-refractivity contribution in [1.29, 1.82) is 0 Å². The van der Waals surface area contributed by atoms with Crippen molar-refractivity contribution in [3.63, 3.8) is 0 Å². The molecule has 0 bridgehead atoms. The third-order valence-electron chi connectivity index (χ3n) is 1.94. The molecule has 2 aromatic heterocycles. The molecular formula is C10H9NO2. The Kier molecular flexibility index (Phi) is 1.77. The van der Waals surface area contributed by atoms with Crippen molar-refractivity contribution in [1.82, 2.24) is 4.40 Å². The molecule has 0 aromatic carbocycles. The van der Waals surface area contributed by atoms with Crippen molar-refractivity contribution in [2.45, 2.75) is 0 Å². The lowest BCUT2D eigenvalue weighted by atomic mass is 10.3. The largest absolute Gasteiger partial charge is 0.465 e. The molecule has 0 aliphatic heterocycles. The number of hydrogen-bond acceptors (Lipinski definition) is 2. The highest BCUT2D eigenvalue weighted by atomic mass is 16.5. The van der Waals surface area contributed by atoms with Gasteiger partial charge in [0.25, 0.3) is 0 Å². The fraction of sp³-hybridized carbons (Fsp3) is 0.100. The van der Waals surface area contributed by atoms with Crippen LogP contribution in [-0.2, 0) is 4.74 Å². The summed E-state index contributed by atoms with van der Waals surface area (Å²) in [5.74, 6) is -0.310. The predicted molar refractivity (Wildman–Crippen MR) is 48.7 cm³/mol. The first kappa shape index (κ1) is 7.86. The number of rotatable bonds is 1. The minimum Gasteiger partial charge on any atom is -0.465 e. The quantitative estimate of drug-likeness (QED) is 0.618. The number of esters is 1. The van der Waals surface area contributed by atoms with Gasteiger partial charge >= 0.3 is 5.97 Å². The zero-order valence-corrected chi connectivity index (χ0v) is 7.23. The number of carbonyl (C=O) groups is 1. The molecule has 0 atom stereocenters. The Balaban J connectivity index is 2.54. The van der Waals surface area contributed by atoms with E-state index in [-0.39, 0.29) is 5.97 Å². The molecule has 0 saturated heterocycles. The van der Waals surface area contributed by atoms with E-state index in [0.717, 1.165) is 5.52 Å². The monoisotopic (exact) mass is 175 g/mol. The van der Waals surface area contributed by atoms with Gasteiger partial charge < -0.3 is 9.14 Å². The molecule has 66 valence electrons. The normalized spacial score (nSPS) is 10.2. The summed E-state index contributed by atoms with van der Waals surface area (Å²) in [7, 11) is 1.38. The van der Waals surface area contributed by atoms with E-state index in [1.54, 1.807) is 12.3 Å². The molecule has 2 aromatic rings. The van der Waals surface area contributed by atoms with Crippen LogP contribution in [0.5, 0.6) is 0 Å². The molecule has 2 rings (SSSR count). The average Bonchev–Trinajstić information content (AvgIpc) is 2.63. The third-order valence-corrected chi connectivity index (χ3v) is 1.94. The van der Waals surface area contributed by atoms with Gasteiger partial charge in [0.2, 0.25) is 0 Å². The molecular weight excluding hydrogens is 166 g/mol. The van der Waals surface area contributed by atoms with Gasteiger partial charge in [0.05, 0.1) is 12.7 Å². The second kappa shape index (κ2) is 2.94. The van der Waals surface area contributed by atoms with Crippen LogP contribution < -0.4 is 0 Å². The maximum atomic E-state index is 11.1. The summed E-state index contributed by atoms with van der Waals surface area (Å²) in [6.45, 7) is 0. The Morgan fingerprint density at radius 1 is 1.38 bits per heavy atom. The Hall–Kier alpha value is -1.77. The van der Waals surface area contributed by atoms with E-state index in [1.165, 1.54) is 7.11 Å². The van der Waals surface area contributed by atoms with Crippen LogP contribution in [0.4, 0.5) is 0 Å². The molecule has 0 aliphatic carbocycles. The first-order valence-corrected chi connectivity index (χ1v) is 3.96. The van der Waals surface area contributed by atoms with Gasteiger partial charge in [-0.1, -0.05) is 0 Å². The van der Waals surface area contributed by atoms with Crippen molar-refractivity contribution in [3.05, 3.63) is 42.2 Å². The zero-order chi connectivity index (χ0) is 9.26. The maximum absolute atomic E-state index is 11.1. The summed E-state index contributed by atoms with van der Waals surface area (Å²) in [5, 5.41) is 0. The molecule has 0 N–H and O–H groups in total. The lowest BCUT2D eigenvalue weighted by Gasteiger charge is -2.00. The molecule has 3 nitrogen and oxygen atoms in total. The van der Waals surface area contributed by atoms with Gasteiger partial charge in [0.15, 0.2) is 0 Å². The number of pyridine rings is 1.